The highest BCUT2D eigenvalue weighted by Gasteiger charge is 2.29. The third kappa shape index (κ3) is 4.76. The van der Waals surface area contributed by atoms with E-state index < -0.39 is 36.9 Å². The van der Waals surface area contributed by atoms with E-state index in [1.54, 1.807) is 0 Å². The molecule has 0 radical (unpaired) electrons. The van der Waals surface area contributed by atoms with Crippen LogP contribution in [0.1, 0.15) is 10.4 Å². The standard InChI is InChI=1S/C13H18N2O7/c16-6-10(19)12(21)11(20)9(18)5-14-15-13(22)7-3-1-2-4-8(7)17/h1-5,9-12,16-21H,6H2,(H,15,22)/b14-5+/t9-,10-,11-,12-/m0/s1. The number of benzene rings is 1. The normalized spacial score (nSPS) is 17.0. The zero-order valence-electron chi connectivity index (χ0n) is 11.4. The summed E-state index contributed by atoms with van der Waals surface area (Å²) in [5.41, 5.74) is 1.98. The predicted molar refractivity (Wildman–Crippen MR) is 75.2 cm³/mol. The largest absolute Gasteiger partial charge is 0.507 e. The van der Waals surface area contributed by atoms with Crippen molar-refractivity contribution in [3.05, 3.63) is 29.8 Å². The number of phenols is 1. The lowest BCUT2D eigenvalue weighted by molar-refractivity contribution is -0.0999. The van der Waals surface area contributed by atoms with Gasteiger partial charge < -0.3 is 30.6 Å². The van der Waals surface area contributed by atoms with Gasteiger partial charge in [-0.1, -0.05) is 12.1 Å². The highest BCUT2D eigenvalue weighted by molar-refractivity contribution is 5.96. The van der Waals surface area contributed by atoms with Crippen LogP contribution in [-0.2, 0) is 0 Å². The van der Waals surface area contributed by atoms with Crippen LogP contribution in [-0.4, -0.2) is 73.8 Å². The van der Waals surface area contributed by atoms with Gasteiger partial charge in [0.15, 0.2) is 0 Å². The number of aromatic hydroxyl groups is 1. The summed E-state index contributed by atoms with van der Waals surface area (Å²) in [4.78, 5) is 11.7. The summed E-state index contributed by atoms with van der Waals surface area (Å²) in [5, 5.41) is 59.0. The molecule has 0 saturated heterocycles. The maximum atomic E-state index is 11.7. The Hall–Kier alpha value is -2.04. The van der Waals surface area contributed by atoms with Gasteiger partial charge in [-0.25, -0.2) is 5.43 Å². The summed E-state index contributed by atoms with van der Waals surface area (Å²) >= 11 is 0. The van der Waals surface area contributed by atoms with Crippen molar-refractivity contribution >= 4 is 12.1 Å². The molecule has 0 heterocycles. The highest BCUT2D eigenvalue weighted by Crippen LogP contribution is 2.14. The van der Waals surface area contributed by atoms with Crippen molar-refractivity contribution in [2.24, 2.45) is 5.10 Å². The second-order valence-corrected chi connectivity index (χ2v) is 4.46. The molecule has 0 fully saturated rings. The van der Waals surface area contributed by atoms with E-state index in [1.807, 2.05) is 5.43 Å². The number of aliphatic hydroxyl groups excluding tert-OH is 5. The van der Waals surface area contributed by atoms with E-state index in [-0.39, 0.29) is 11.3 Å². The molecule has 9 heteroatoms. The van der Waals surface area contributed by atoms with E-state index in [1.165, 1.54) is 24.3 Å². The number of amides is 1. The Balaban J connectivity index is 2.58. The molecule has 0 aliphatic heterocycles. The first kappa shape index (κ1) is 18.0. The molecular weight excluding hydrogens is 296 g/mol. The molecule has 1 amide bonds. The van der Waals surface area contributed by atoms with Crippen LogP contribution in [0.4, 0.5) is 0 Å². The molecule has 1 aromatic rings. The number of rotatable bonds is 7. The molecule has 0 aliphatic rings. The van der Waals surface area contributed by atoms with Crippen LogP contribution in [0.15, 0.2) is 29.4 Å². The summed E-state index contributed by atoms with van der Waals surface area (Å²) in [5.74, 6) is -0.996. The van der Waals surface area contributed by atoms with Crippen molar-refractivity contribution in [1.29, 1.82) is 0 Å². The third-order valence-electron chi connectivity index (χ3n) is 2.82. The summed E-state index contributed by atoms with van der Waals surface area (Å²) < 4.78 is 0. The van der Waals surface area contributed by atoms with E-state index in [4.69, 9.17) is 10.2 Å². The van der Waals surface area contributed by atoms with Crippen molar-refractivity contribution in [1.82, 2.24) is 5.43 Å². The summed E-state index contributed by atoms with van der Waals surface area (Å²) in [6.07, 6.45) is -6.20. The van der Waals surface area contributed by atoms with E-state index in [9.17, 15) is 25.2 Å². The minimum absolute atomic E-state index is 0.0366. The molecule has 9 nitrogen and oxygen atoms in total. The molecule has 1 rings (SSSR count). The van der Waals surface area contributed by atoms with Gasteiger partial charge in [0, 0.05) is 0 Å². The molecule has 22 heavy (non-hydrogen) atoms. The van der Waals surface area contributed by atoms with Gasteiger partial charge in [0.05, 0.1) is 18.4 Å². The fraction of sp³-hybridized carbons (Fsp3) is 0.385. The number of carbonyl (C=O) groups excluding carboxylic acids is 1. The molecule has 0 aromatic heterocycles. The lowest BCUT2D eigenvalue weighted by Crippen LogP contribution is -2.46. The van der Waals surface area contributed by atoms with Gasteiger partial charge in [0.1, 0.15) is 30.2 Å². The van der Waals surface area contributed by atoms with Crippen molar-refractivity contribution in [3.63, 3.8) is 0 Å². The van der Waals surface area contributed by atoms with Gasteiger partial charge in [-0.3, -0.25) is 4.79 Å². The zero-order chi connectivity index (χ0) is 16.7. The van der Waals surface area contributed by atoms with E-state index in [2.05, 4.69) is 5.10 Å². The van der Waals surface area contributed by atoms with Crippen LogP contribution in [0, 0.1) is 0 Å². The van der Waals surface area contributed by atoms with Gasteiger partial charge in [0.25, 0.3) is 5.91 Å². The fourth-order valence-electron chi connectivity index (χ4n) is 1.52. The molecule has 0 saturated carbocycles. The van der Waals surface area contributed by atoms with E-state index in [0.29, 0.717) is 0 Å². The minimum Gasteiger partial charge on any atom is -0.507 e. The van der Waals surface area contributed by atoms with Gasteiger partial charge in [-0.2, -0.15) is 5.10 Å². The number of hydrazone groups is 1. The first-order valence-electron chi connectivity index (χ1n) is 6.33. The van der Waals surface area contributed by atoms with Gasteiger partial charge in [-0.15, -0.1) is 0 Å². The Morgan fingerprint density at radius 3 is 2.41 bits per heavy atom. The van der Waals surface area contributed by atoms with Crippen LogP contribution in [0.5, 0.6) is 5.75 Å². The smallest absolute Gasteiger partial charge is 0.275 e. The lowest BCUT2D eigenvalue weighted by atomic mass is 10.0. The maximum absolute atomic E-state index is 11.7. The Labute approximate surface area is 125 Å². The van der Waals surface area contributed by atoms with Crippen LogP contribution < -0.4 is 5.43 Å². The van der Waals surface area contributed by atoms with E-state index >= 15 is 0 Å². The zero-order valence-corrected chi connectivity index (χ0v) is 11.4. The fourth-order valence-corrected chi connectivity index (χ4v) is 1.52. The van der Waals surface area contributed by atoms with Crippen LogP contribution in [0.25, 0.3) is 0 Å². The Kier molecular flexibility index (Phi) is 6.89. The summed E-state index contributed by atoms with van der Waals surface area (Å²) in [6, 6.07) is 5.73. The molecule has 0 bridgehead atoms. The number of para-hydroxylation sites is 1. The summed E-state index contributed by atoms with van der Waals surface area (Å²) in [6.45, 7) is -0.799. The van der Waals surface area contributed by atoms with Gasteiger partial charge >= 0.3 is 0 Å². The summed E-state index contributed by atoms with van der Waals surface area (Å²) in [7, 11) is 0. The number of nitrogens with zero attached hydrogens (tertiary/aromatic N) is 1. The second kappa shape index (κ2) is 8.41. The number of aliphatic hydroxyl groups is 5. The first-order valence-corrected chi connectivity index (χ1v) is 6.33. The second-order valence-electron chi connectivity index (χ2n) is 4.46. The molecular formula is C13H18N2O7. The third-order valence-corrected chi connectivity index (χ3v) is 2.82. The molecule has 0 unspecified atom stereocenters. The number of nitrogens with one attached hydrogen (secondary N) is 1. The predicted octanol–water partition coefficient (Wildman–Crippen LogP) is -2.46. The maximum Gasteiger partial charge on any atom is 0.275 e. The first-order chi connectivity index (χ1) is 10.4. The highest BCUT2D eigenvalue weighted by atomic mass is 16.4. The van der Waals surface area contributed by atoms with Crippen molar-refractivity contribution in [3.8, 4) is 5.75 Å². The topological polar surface area (TPSA) is 163 Å². The Morgan fingerprint density at radius 2 is 1.82 bits per heavy atom. The average molecular weight is 314 g/mol. The average Bonchev–Trinajstić information content (AvgIpc) is 2.52. The SMILES string of the molecule is O=C(N/N=C/[C@H](O)[C@H](O)[C@@H](O)[C@@H](O)CO)c1ccccc1O. The minimum atomic E-state index is -1.81. The molecule has 0 aliphatic carbocycles. The molecule has 1 aromatic carbocycles. The Bertz CT molecular complexity index is 523. The van der Waals surface area contributed by atoms with Gasteiger partial charge in [0.2, 0.25) is 0 Å². The van der Waals surface area contributed by atoms with E-state index in [0.717, 1.165) is 6.21 Å². The quantitative estimate of drug-likeness (QED) is 0.217. The molecule has 0 spiro atoms. The molecule has 122 valence electrons. The van der Waals surface area contributed by atoms with Crippen molar-refractivity contribution < 1.29 is 35.4 Å². The van der Waals surface area contributed by atoms with Crippen molar-refractivity contribution in [2.75, 3.05) is 6.61 Å². The van der Waals surface area contributed by atoms with Crippen molar-refractivity contribution in [2.45, 2.75) is 24.4 Å². The number of carbonyl (C=O) groups is 1. The van der Waals surface area contributed by atoms with Crippen LogP contribution in [0.2, 0.25) is 0 Å². The Morgan fingerprint density at radius 1 is 1.18 bits per heavy atom. The van der Waals surface area contributed by atoms with Crippen LogP contribution >= 0.6 is 0 Å². The number of phenolic OH excluding ortho intramolecular Hbond substituents is 1. The molecule has 4 atom stereocenters. The lowest BCUT2D eigenvalue weighted by Gasteiger charge is -2.23. The monoisotopic (exact) mass is 314 g/mol. The van der Waals surface area contributed by atoms with Gasteiger partial charge in [-0.05, 0) is 12.1 Å². The number of hydrogen-bond donors (Lipinski definition) is 7. The molecule has 7 N–H and O–H groups in total. The number of hydrogen-bond acceptors (Lipinski definition) is 8. The van der Waals surface area contributed by atoms with Crippen LogP contribution in [0.3, 0.4) is 0 Å².